The van der Waals surface area contributed by atoms with E-state index in [1.165, 1.54) is 0 Å². The molecule has 0 bridgehead atoms. The first-order valence-corrected chi connectivity index (χ1v) is 6.75. The average Bonchev–Trinajstić information content (AvgIpc) is 2.36. The van der Waals surface area contributed by atoms with Gasteiger partial charge in [-0.1, -0.05) is 23.7 Å². The second-order valence-electron chi connectivity index (χ2n) is 4.48. The molecule has 0 fully saturated rings. The van der Waals surface area contributed by atoms with Gasteiger partial charge in [-0.25, -0.2) is 0 Å². The third-order valence-corrected chi connectivity index (χ3v) is 3.05. The molecule has 2 N–H and O–H groups in total. The summed E-state index contributed by atoms with van der Waals surface area (Å²) in [6.07, 6.45) is 1.99. The Morgan fingerprint density at radius 3 is 2.83 bits per heavy atom. The molecule has 0 heterocycles. The van der Waals surface area contributed by atoms with Gasteiger partial charge in [-0.2, -0.15) is 0 Å². The molecule has 0 saturated heterocycles. The lowest BCUT2D eigenvalue weighted by Gasteiger charge is -2.12. The Bertz CT molecular complexity index is 337. The number of aliphatic hydroxyl groups excluding tert-OH is 1. The van der Waals surface area contributed by atoms with E-state index in [-0.39, 0.29) is 12.6 Å². The Hall–Kier alpha value is -0.770. The van der Waals surface area contributed by atoms with Crippen molar-refractivity contribution in [2.45, 2.75) is 32.7 Å². The third kappa shape index (κ3) is 5.25. The second kappa shape index (κ2) is 8.35. The Morgan fingerprint density at radius 2 is 2.17 bits per heavy atom. The topological polar surface area (TPSA) is 41.5 Å². The highest BCUT2D eigenvalue weighted by Crippen LogP contribution is 2.27. The molecule has 0 aliphatic rings. The van der Waals surface area contributed by atoms with Gasteiger partial charge in [-0.05, 0) is 44.9 Å². The first kappa shape index (κ1) is 15.3. The Morgan fingerprint density at radius 1 is 1.39 bits per heavy atom. The molecule has 0 unspecified atom stereocenters. The van der Waals surface area contributed by atoms with Crippen LogP contribution in [0.5, 0.6) is 5.75 Å². The number of benzene rings is 1. The highest BCUT2D eigenvalue weighted by Gasteiger charge is 2.04. The van der Waals surface area contributed by atoms with Crippen LogP contribution in [0.2, 0.25) is 5.02 Å². The van der Waals surface area contributed by atoms with Gasteiger partial charge in [0.2, 0.25) is 0 Å². The van der Waals surface area contributed by atoms with Crippen molar-refractivity contribution < 1.29 is 9.84 Å². The summed E-state index contributed by atoms with van der Waals surface area (Å²) < 4.78 is 5.69. The van der Waals surface area contributed by atoms with Crippen LogP contribution in [0, 0.1) is 6.92 Å². The number of unbranched alkanes of at least 4 members (excludes halogenated alkanes) is 1. The summed E-state index contributed by atoms with van der Waals surface area (Å²) in [6, 6.07) is 5.92. The van der Waals surface area contributed by atoms with Gasteiger partial charge >= 0.3 is 0 Å². The number of hydrogen-bond donors (Lipinski definition) is 2. The van der Waals surface area contributed by atoms with Gasteiger partial charge in [0.1, 0.15) is 5.75 Å². The van der Waals surface area contributed by atoms with Gasteiger partial charge in [0.05, 0.1) is 18.2 Å². The molecular formula is C14H22ClNO2. The fraction of sp³-hybridized carbons (Fsp3) is 0.571. The molecule has 0 aliphatic carbocycles. The average molecular weight is 272 g/mol. The van der Waals surface area contributed by atoms with Gasteiger partial charge in [0.25, 0.3) is 0 Å². The molecule has 0 saturated carbocycles. The first-order chi connectivity index (χ1) is 8.65. The lowest BCUT2D eigenvalue weighted by atomic mass is 10.2. The van der Waals surface area contributed by atoms with Crippen LogP contribution in [0.25, 0.3) is 0 Å². The van der Waals surface area contributed by atoms with Crippen LogP contribution in [-0.2, 0) is 0 Å². The maximum Gasteiger partial charge on any atom is 0.140 e. The van der Waals surface area contributed by atoms with Gasteiger partial charge in [0.15, 0.2) is 0 Å². The van der Waals surface area contributed by atoms with E-state index in [0.717, 1.165) is 30.7 Å². The number of aryl methyl sites for hydroxylation is 1. The fourth-order valence-corrected chi connectivity index (χ4v) is 1.89. The van der Waals surface area contributed by atoms with E-state index in [2.05, 4.69) is 5.32 Å². The quantitative estimate of drug-likeness (QED) is 0.715. The molecule has 0 spiro atoms. The Kier molecular flexibility index (Phi) is 7.09. The number of para-hydroxylation sites is 1. The minimum absolute atomic E-state index is 0.164. The summed E-state index contributed by atoms with van der Waals surface area (Å²) in [4.78, 5) is 0. The molecule has 0 amide bonds. The van der Waals surface area contributed by atoms with Crippen LogP contribution in [0.4, 0.5) is 0 Å². The van der Waals surface area contributed by atoms with Crippen molar-refractivity contribution in [1.82, 2.24) is 5.32 Å². The SMILES string of the molecule is Cc1cccc(Cl)c1OCCCCN[C@@H](C)CO. The summed E-state index contributed by atoms with van der Waals surface area (Å²) in [5.74, 6) is 0.788. The molecule has 4 heteroatoms. The van der Waals surface area contributed by atoms with E-state index in [0.29, 0.717) is 11.6 Å². The van der Waals surface area contributed by atoms with Gasteiger partial charge in [-0.3, -0.25) is 0 Å². The largest absolute Gasteiger partial charge is 0.492 e. The van der Waals surface area contributed by atoms with Crippen LogP contribution in [-0.4, -0.2) is 30.9 Å². The smallest absolute Gasteiger partial charge is 0.140 e. The van der Waals surface area contributed by atoms with Crippen LogP contribution in [0.1, 0.15) is 25.3 Å². The lowest BCUT2D eigenvalue weighted by molar-refractivity contribution is 0.249. The number of ether oxygens (including phenoxy) is 1. The number of rotatable bonds is 8. The molecule has 0 aromatic heterocycles. The summed E-state index contributed by atoms with van der Waals surface area (Å²) >= 11 is 6.06. The summed E-state index contributed by atoms with van der Waals surface area (Å²) in [5, 5.41) is 12.7. The first-order valence-electron chi connectivity index (χ1n) is 6.37. The molecule has 1 aromatic carbocycles. The minimum Gasteiger partial charge on any atom is -0.492 e. The second-order valence-corrected chi connectivity index (χ2v) is 4.89. The van der Waals surface area contributed by atoms with E-state index in [4.69, 9.17) is 21.4 Å². The number of aliphatic hydroxyl groups is 1. The standard InChI is InChI=1S/C14H22ClNO2/c1-11-6-5-7-13(15)14(11)18-9-4-3-8-16-12(2)10-17/h5-7,12,16-17H,3-4,8-10H2,1-2H3/t12-/m0/s1. The molecule has 1 atom stereocenters. The van der Waals surface area contributed by atoms with Crippen molar-refractivity contribution in [3.8, 4) is 5.75 Å². The zero-order valence-electron chi connectivity index (χ0n) is 11.1. The molecule has 3 nitrogen and oxygen atoms in total. The zero-order chi connectivity index (χ0) is 13.4. The highest BCUT2D eigenvalue weighted by atomic mass is 35.5. The summed E-state index contributed by atoms with van der Waals surface area (Å²) in [7, 11) is 0. The molecule has 0 radical (unpaired) electrons. The van der Waals surface area contributed by atoms with Crippen molar-refractivity contribution in [2.75, 3.05) is 19.8 Å². The predicted molar refractivity (Wildman–Crippen MR) is 75.5 cm³/mol. The van der Waals surface area contributed by atoms with Crippen molar-refractivity contribution in [1.29, 1.82) is 0 Å². The summed E-state index contributed by atoms with van der Waals surface area (Å²) in [5.41, 5.74) is 1.06. The van der Waals surface area contributed by atoms with E-state index in [1.807, 2.05) is 32.0 Å². The molecule has 1 rings (SSSR count). The molecule has 1 aromatic rings. The van der Waals surface area contributed by atoms with Crippen LogP contribution < -0.4 is 10.1 Å². The third-order valence-electron chi connectivity index (χ3n) is 2.75. The number of halogens is 1. The van der Waals surface area contributed by atoms with E-state index >= 15 is 0 Å². The van der Waals surface area contributed by atoms with Gasteiger partial charge in [-0.15, -0.1) is 0 Å². The van der Waals surface area contributed by atoms with E-state index in [1.54, 1.807) is 0 Å². The van der Waals surface area contributed by atoms with Gasteiger partial charge < -0.3 is 15.2 Å². The molecular weight excluding hydrogens is 250 g/mol. The van der Waals surface area contributed by atoms with E-state index in [9.17, 15) is 0 Å². The highest BCUT2D eigenvalue weighted by molar-refractivity contribution is 6.32. The fourth-order valence-electron chi connectivity index (χ4n) is 1.61. The van der Waals surface area contributed by atoms with Crippen molar-refractivity contribution in [2.24, 2.45) is 0 Å². The normalized spacial score (nSPS) is 12.4. The van der Waals surface area contributed by atoms with Crippen molar-refractivity contribution in [3.63, 3.8) is 0 Å². The number of hydrogen-bond acceptors (Lipinski definition) is 3. The van der Waals surface area contributed by atoms with Crippen molar-refractivity contribution >= 4 is 11.6 Å². The Labute approximate surface area is 114 Å². The molecule has 102 valence electrons. The van der Waals surface area contributed by atoms with Crippen LogP contribution in [0.15, 0.2) is 18.2 Å². The van der Waals surface area contributed by atoms with Gasteiger partial charge in [0, 0.05) is 6.04 Å². The summed E-state index contributed by atoms with van der Waals surface area (Å²) in [6.45, 7) is 5.69. The minimum atomic E-state index is 0.164. The molecule has 18 heavy (non-hydrogen) atoms. The van der Waals surface area contributed by atoms with Crippen molar-refractivity contribution in [3.05, 3.63) is 28.8 Å². The Balaban J connectivity index is 2.18. The van der Waals surface area contributed by atoms with Crippen LogP contribution >= 0.6 is 11.6 Å². The monoisotopic (exact) mass is 271 g/mol. The van der Waals surface area contributed by atoms with Crippen LogP contribution in [0.3, 0.4) is 0 Å². The zero-order valence-corrected chi connectivity index (χ0v) is 11.8. The number of nitrogens with one attached hydrogen (secondary N) is 1. The van der Waals surface area contributed by atoms with E-state index < -0.39 is 0 Å². The maximum absolute atomic E-state index is 8.85. The maximum atomic E-state index is 8.85. The molecule has 0 aliphatic heterocycles. The predicted octanol–water partition coefficient (Wildman–Crippen LogP) is 2.78. The lowest BCUT2D eigenvalue weighted by Crippen LogP contribution is -2.30.